The Bertz CT molecular complexity index is 490. The summed E-state index contributed by atoms with van der Waals surface area (Å²) in [6.45, 7) is 4.77. The fourth-order valence-corrected chi connectivity index (χ4v) is 4.09. The number of fused-ring (bicyclic) bond motifs is 1. The van der Waals surface area contributed by atoms with Crippen molar-refractivity contribution in [1.29, 1.82) is 0 Å². The molecule has 0 spiro atoms. The highest BCUT2D eigenvalue weighted by Gasteiger charge is 2.62. The Morgan fingerprint density at radius 2 is 1.95 bits per heavy atom. The van der Waals surface area contributed by atoms with Crippen LogP contribution in [0.1, 0.15) is 50.7 Å². The monoisotopic (exact) mass is 259 g/mol. The van der Waals surface area contributed by atoms with Gasteiger partial charge in [0.15, 0.2) is 0 Å². The zero-order valence-electron chi connectivity index (χ0n) is 12.1. The molecule has 0 radical (unpaired) electrons. The molecule has 1 fully saturated rings. The standard InChI is InChI=1S/C17H25NO/c1-15(10-11-15)16(2,19)17(12-18)9-5-7-13-6-3-4-8-14(13)17/h3-4,6,8,19H,5,7,9-12,18H2,1-2H3. The summed E-state index contributed by atoms with van der Waals surface area (Å²) in [6, 6.07) is 8.56. The van der Waals surface area contributed by atoms with Crippen molar-refractivity contribution in [2.75, 3.05) is 6.54 Å². The molecule has 2 heteroatoms. The average molecular weight is 259 g/mol. The largest absolute Gasteiger partial charge is 0.389 e. The third-order valence-corrected chi connectivity index (χ3v) is 6.04. The van der Waals surface area contributed by atoms with Crippen molar-refractivity contribution in [3.8, 4) is 0 Å². The third kappa shape index (κ3) is 1.63. The molecule has 2 nitrogen and oxygen atoms in total. The summed E-state index contributed by atoms with van der Waals surface area (Å²) in [6.07, 6.45) is 5.47. The SMILES string of the molecule is CC1(C(C)(O)C2(CN)CCCc3ccccc32)CC1. The van der Waals surface area contributed by atoms with Crippen LogP contribution in [0.25, 0.3) is 0 Å². The van der Waals surface area contributed by atoms with Crippen molar-refractivity contribution in [3.05, 3.63) is 35.4 Å². The van der Waals surface area contributed by atoms with E-state index in [0.29, 0.717) is 6.54 Å². The zero-order chi connectivity index (χ0) is 13.7. The first-order valence-corrected chi connectivity index (χ1v) is 7.48. The first-order valence-electron chi connectivity index (χ1n) is 7.48. The smallest absolute Gasteiger partial charge is 0.0781 e. The van der Waals surface area contributed by atoms with Crippen molar-refractivity contribution in [2.45, 2.75) is 57.0 Å². The molecule has 1 aromatic carbocycles. The zero-order valence-corrected chi connectivity index (χ0v) is 12.1. The third-order valence-electron chi connectivity index (χ3n) is 6.04. The molecule has 3 rings (SSSR count). The molecule has 104 valence electrons. The van der Waals surface area contributed by atoms with Gasteiger partial charge < -0.3 is 10.8 Å². The van der Waals surface area contributed by atoms with E-state index < -0.39 is 5.60 Å². The van der Waals surface area contributed by atoms with Crippen LogP contribution < -0.4 is 5.73 Å². The van der Waals surface area contributed by atoms with Gasteiger partial charge in [-0.1, -0.05) is 31.2 Å². The first-order chi connectivity index (χ1) is 8.97. The van der Waals surface area contributed by atoms with Gasteiger partial charge in [-0.3, -0.25) is 0 Å². The maximum Gasteiger partial charge on any atom is 0.0781 e. The van der Waals surface area contributed by atoms with Crippen LogP contribution in [0, 0.1) is 5.41 Å². The molecule has 2 aliphatic rings. The Morgan fingerprint density at radius 3 is 2.58 bits per heavy atom. The van der Waals surface area contributed by atoms with E-state index in [2.05, 4.69) is 31.2 Å². The molecule has 0 aromatic heterocycles. The van der Waals surface area contributed by atoms with Gasteiger partial charge in [0.25, 0.3) is 0 Å². The fourth-order valence-electron chi connectivity index (χ4n) is 4.09. The molecule has 2 atom stereocenters. The van der Waals surface area contributed by atoms with Crippen LogP contribution in [0.15, 0.2) is 24.3 Å². The Kier molecular flexibility index (Phi) is 2.81. The van der Waals surface area contributed by atoms with Gasteiger partial charge in [0.1, 0.15) is 0 Å². The number of benzene rings is 1. The molecular formula is C17H25NO. The van der Waals surface area contributed by atoms with E-state index in [1.807, 2.05) is 6.92 Å². The van der Waals surface area contributed by atoms with Gasteiger partial charge in [0, 0.05) is 12.0 Å². The van der Waals surface area contributed by atoms with E-state index in [1.165, 1.54) is 11.1 Å². The highest BCUT2D eigenvalue weighted by atomic mass is 16.3. The molecule has 1 aromatic rings. The summed E-state index contributed by atoms with van der Waals surface area (Å²) in [7, 11) is 0. The van der Waals surface area contributed by atoms with Gasteiger partial charge in [-0.15, -0.1) is 0 Å². The molecular weight excluding hydrogens is 234 g/mol. The summed E-state index contributed by atoms with van der Waals surface area (Å²) in [5, 5.41) is 11.4. The molecule has 0 aliphatic heterocycles. The molecule has 0 bridgehead atoms. The maximum absolute atomic E-state index is 11.4. The Labute approximate surface area is 116 Å². The maximum atomic E-state index is 11.4. The number of hydrogen-bond acceptors (Lipinski definition) is 2. The van der Waals surface area contributed by atoms with Crippen molar-refractivity contribution in [1.82, 2.24) is 0 Å². The van der Waals surface area contributed by atoms with Crippen molar-refractivity contribution in [2.24, 2.45) is 11.1 Å². The highest BCUT2D eigenvalue weighted by molar-refractivity contribution is 5.41. The molecule has 0 saturated heterocycles. The second kappa shape index (κ2) is 4.07. The van der Waals surface area contributed by atoms with Crippen LogP contribution >= 0.6 is 0 Å². The van der Waals surface area contributed by atoms with Crippen LogP contribution in [-0.2, 0) is 11.8 Å². The number of aliphatic hydroxyl groups is 1. The average Bonchev–Trinajstić information content (AvgIpc) is 3.17. The van der Waals surface area contributed by atoms with Crippen LogP contribution in [0.4, 0.5) is 0 Å². The van der Waals surface area contributed by atoms with Gasteiger partial charge in [-0.2, -0.15) is 0 Å². The lowest BCUT2D eigenvalue weighted by Crippen LogP contribution is -2.59. The van der Waals surface area contributed by atoms with Crippen LogP contribution in [0.3, 0.4) is 0 Å². The molecule has 0 heterocycles. The molecule has 2 unspecified atom stereocenters. The normalized spacial score (nSPS) is 31.4. The quantitative estimate of drug-likeness (QED) is 0.877. The topological polar surface area (TPSA) is 46.2 Å². The minimum Gasteiger partial charge on any atom is -0.389 e. The summed E-state index contributed by atoms with van der Waals surface area (Å²) in [4.78, 5) is 0. The number of rotatable bonds is 3. The second-order valence-electron chi connectivity index (χ2n) is 6.93. The van der Waals surface area contributed by atoms with E-state index in [-0.39, 0.29) is 10.8 Å². The van der Waals surface area contributed by atoms with Gasteiger partial charge in [0.05, 0.1) is 5.60 Å². The summed E-state index contributed by atoms with van der Waals surface area (Å²) < 4.78 is 0. The summed E-state index contributed by atoms with van der Waals surface area (Å²) >= 11 is 0. The van der Waals surface area contributed by atoms with E-state index >= 15 is 0 Å². The lowest BCUT2D eigenvalue weighted by molar-refractivity contribution is -0.0834. The van der Waals surface area contributed by atoms with Crippen molar-refractivity contribution < 1.29 is 5.11 Å². The lowest BCUT2D eigenvalue weighted by atomic mass is 9.56. The van der Waals surface area contributed by atoms with Gasteiger partial charge in [0.2, 0.25) is 0 Å². The number of nitrogens with two attached hydrogens (primary N) is 1. The van der Waals surface area contributed by atoms with E-state index in [1.54, 1.807) is 0 Å². The van der Waals surface area contributed by atoms with Crippen LogP contribution in [-0.4, -0.2) is 17.3 Å². The number of hydrogen-bond donors (Lipinski definition) is 2. The highest BCUT2D eigenvalue weighted by Crippen LogP contribution is 2.61. The predicted octanol–water partition coefficient (Wildman–Crippen LogP) is 2.77. The molecule has 19 heavy (non-hydrogen) atoms. The van der Waals surface area contributed by atoms with Crippen LogP contribution in [0.2, 0.25) is 0 Å². The van der Waals surface area contributed by atoms with E-state index in [4.69, 9.17) is 5.73 Å². The fraction of sp³-hybridized carbons (Fsp3) is 0.647. The van der Waals surface area contributed by atoms with Gasteiger partial charge in [-0.05, 0) is 55.6 Å². The molecule has 1 saturated carbocycles. The summed E-state index contributed by atoms with van der Waals surface area (Å²) in [5.74, 6) is 0. The van der Waals surface area contributed by atoms with E-state index in [0.717, 1.165) is 32.1 Å². The predicted molar refractivity (Wildman–Crippen MR) is 78.1 cm³/mol. The van der Waals surface area contributed by atoms with Crippen LogP contribution in [0.5, 0.6) is 0 Å². The summed E-state index contributed by atoms with van der Waals surface area (Å²) in [5.41, 5.74) is 7.93. The molecule has 3 N–H and O–H groups in total. The Morgan fingerprint density at radius 1 is 1.26 bits per heavy atom. The number of aryl methyl sites for hydroxylation is 1. The Balaban J connectivity index is 2.15. The minimum absolute atomic E-state index is 0.0385. The molecule has 2 aliphatic carbocycles. The van der Waals surface area contributed by atoms with Crippen molar-refractivity contribution in [3.63, 3.8) is 0 Å². The lowest BCUT2D eigenvalue weighted by Gasteiger charge is -2.52. The van der Waals surface area contributed by atoms with Gasteiger partial charge in [-0.25, -0.2) is 0 Å². The van der Waals surface area contributed by atoms with Crippen molar-refractivity contribution >= 4 is 0 Å². The second-order valence-corrected chi connectivity index (χ2v) is 6.93. The Hall–Kier alpha value is -0.860. The minimum atomic E-state index is -0.717. The first kappa shape index (κ1) is 13.1. The van der Waals surface area contributed by atoms with E-state index in [9.17, 15) is 5.11 Å². The molecule has 0 amide bonds. The van der Waals surface area contributed by atoms with Gasteiger partial charge >= 0.3 is 0 Å².